The molecule has 3 aromatic rings. The zero-order valence-corrected chi connectivity index (χ0v) is 18.6. The molecule has 1 atom stereocenters. The predicted octanol–water partition coefficient (Wildman–Crippen LogP) is 3.86. The molecule has 0 spiro atoms. The summed E-state index contributed by atoms with van der Waals surface area (Å²) in [6, 6.07) is 15.4. The quantitative estimate of drug-likeness (QED) is 0.583. The van der Waals surface area contributed by atoms with Crippen LogP contribution in [0.1, 0.15) is 47.3 Å². The largest absolute Gasteiger partial charge is 0.354 e. The van der Waals surface area contributed by atoms with Crippen LogP contribution < -0.4 is 10.6 Å². The summed E-state index contributed by atoms with van der Waals surface area (Å²) in [5.74, 6) is -0.508. The van der Waals surface area contributed by atoms with Gasteiger partial charge in [0.2, 0.25) is 5.91 Å². The number of nitrogens with one attached hydrogen (secondary N) is 2. The fourth-order valence-electron chi connectivity index (χ4n) is 3.28. The van der Waals surface area contributed by atoms with E-state index in [0.29, 0.717) is 24.3 Å². The molecule has 162 valence electrons. The van der Waals surface area contributed by atoms with Crippen LogP contribution in [-0.2, 0) is 11.3 Å². The molecule has 3 rings (SSSR count). The Balaban J connectivity index is 1.91. The lowest BCUT2D eigenvalue weighted by molar-refractivity contribution is -0.122. The van der Waals surface area contributed by atoms with Crippen LogP contribution in [0.2, 0.25) is 0 Å². The molecular weight excluding hydrogens is 388 g/mol. The molecule has 1 heterocycles. The van der Waals surface area contributed by atoms with E-state index in [1.807, 2.05) is 62.4 Å². The van der Waals surface area contributed by atoms with Gasteiger partial charge in [-0.15, -0.1) is 0 Å². The first-order chi connectivity index (χ1) is 14.9. The van der Waals surface area contributed by atoms with Crippen molar-refractivity contribution in [3.8, 4) is 11.3 Å². The maximum Gasteiger partial charge on any atom is 0.255 e. The van der Waals surface area contributed by atoms with Gasteiger partial charge in [0.15, 0.2) is 0 Å². The fourth-order valence-corrected chi connectivity index (χ4v) is 3.28. The van der Waals surface area contributed by atoms with Crippen LogP contribution in [0.25, 0.3) is 11.3 Å². The molecule has 0 aliphatic rings. The number of nitrogens with zero attached hydrogens (tertiary/aromatic N) is 2. The average Bonchev–Trinajstić information content (AvgIpc) is 3.18. The zero-order chi connectivity index (χ0) is 22.4. The molecule has 6 nitrogen and oxygen atoms in total. The smallest absolute Gasteiger partial charge is 0.255 e. The summed E-state index contributed by atoms with van der Waals surface area (Å²) in [6.07, 6.45) is 2.60. The minimum Gasteiger partial charge on any atom is -0.354 e. The van der Waals surface area contributed by atoms with Crippen molar-refractivity contribution < 1.29 is 9.59 Å². The van der Waals surface area contributed by atoms with E-state index in [0.717, 1.165) is 23.1 Å². The summed E-state index contributed by atoms with van der Waals surface area (Å²) in [7, 11) is 0. The zero-order valence-electron chi connectivity index (χ0n) is 18.6. The van der Waals surface area contributed by atoms with Crippen LogP contribution in [0, 0.1) is 13.8 Å². The number of carbonyl (C=O) groups is 2. The van der Waals surface area contributed by atoms with Crippen LogP contribution in [-0.4, -0.2) is 34.2 Å². The second-order valence-corrected chi connectivity index (χ2v) is 7.86. The highest BCUT2D eigenvalue weighted by Crippen LogP contribution is 2.25. The summed E-state index contributed by atoms with van der Waals surface area (Å²) in [5.41, 5.74) is 5.35. The van der Waals surface area contributed by atoms with E-state index in [4.69, 9.17) is 5.10 Å². The van der Waals surface area contributed by atoms with Crippen LogP contribution in [0.4, 0.5) is 0 Å². The van der Waals surface area contributed by atoms with Gasteiger partial charge in [0.05, 0.1) is 12.1 Å². The summed E-state index contributed by atoms with van der Waals surface area (Å²) >= 11 is 0. The first-order valence-electron chi connectivity index (χ1n) is 10.7. The highest BCUT2D eigenvalue weighted by molar-refractivity contribution is 6.01. The van der Waals surface area contributed by atoms with Crippen LogP contribution in [0.15, 0.2) is 54.7 Å². The number of aryl methyl sites for hydroxylation is 2. The van der Waals surface area contributed by atoms with Crippen LogP contribution in [0.3, 0.4) is 0 Å². The van der Waals surface area contributed by atoms with Crippen molar-refractivity contribution in [1.29, 1.82) is 0 Å². The third kappa shape index (κ3) is 5.60. The van der Waals surface area contributed by atoms with Gasteiger partial charge in [-0.2, -0.15) is 5.10 Å². The second-order valence-electron chi connectivity index (χ2n) is 7.86. The third-order valence-electron chi connectivity index (χ3n) is 5.26. The molecular formula is C25H30N4O2. The van der Waals surface area contributed by atoms with Crippen molar-refractivity contribution in [2.45, 2.75) is 46.7 Å². The Morgan fingerprint density at radius 2 is 1.81 bits per heavy atom. The second kappa shape index (κ2) is 10.1. The normalized spacial score (nSPS) is 11.7. The molecule has 0 saturated heterocycles. The SMILES string of the molecule is CCCNC(=O)[C@H](C)NC(=O)c1cn(Cc2ccccc2)nc1-c1ccc(C)c(C)c1. The van der Waals surface area contributed by atoms with E-state index in [1.165, 1.54) is 5.56 Å². The summed E-state index contributed by atoms with van der Waals surface area (Å²) in [5, 5.41) is 10.4. The monoisotopic (exact) mass is 418 g/mol. The molecule has 2 amide bonds. The fraction of sp³-hybridized carbons (Fsp3) is 0.320. The van der Waals surface area contributed by atoms with Gasteiger partial charge in [-0.3, -0.25) is 14.3 Å². The maximum atomic E-state index is 13.1. The number of aromatic nitrogens is 2. The van der Waals surface area contributed by atoms with Gasteiger partial charge in [0.1, 0.15) is 11.7 Å². The van der Waals surface area contributed by atoms with E-state index in [1.54, 1.807) is 17.8 Å². The van der Waals surface area contributed by atoms with Crippen molar-refractivity contribution in [2.75, 3.05) is 6.54 Å². The number of hydrogen-bond acceptors (Lipinski definition) is 3. The molecule has 0 radical (unpaired) electrons. The van der Waals surface area contributed by atoms with Gasteiger partial charge in [-0.25, -0.2) is 0 Å². The van der Waals surface area contributed by atoms with Crippen LogP contribution in [0.5, 0.6) is 0 Å². The third-order valence-corrected chi connectivity index (χ3v) is 5.26. The average molecular weight is 419 g/mol. The van der Waals surface area contributed by atoms with Crippen LogP contribution >= 0.6 is 0 Å². The molecule has 0 aliphatic heterocycles. The topological polar surface area (TPSA) is 76.0 Å². The summed E-state index contributed by atoms with van der Waals surface area (Å²) in [6.45, 7) is 8.91. The van der Waals surface area contributed by atoms with E-state index < -0.39 is 6.04 Å². The summed E-state index contributed by atoms with van der Waals surface area (Å²) in [4.78, 5) is 25.3. The molecule has 0 bridgehead atoms. The Bertz CT molecular complexity index is 1060. The number of rotatable bonds is 8. The lowest BCUT2D eigenvalue weighted by Crippen LogP contribution is -2.45. The Labute approximate surface area is 183 Å². The molecule has 0 aliphatic carbocycles. The molecule has 0 unspecified atom stereocenters. The molecule has 2 aromatic carbocycles. The van der Waals surface area contributed by atoms with Gasteiger partial charge in [0, 0.05) is 18.3 Å². The van der Waals surface area contributed by atoms with Gasteiger partial charge in [-0.05, 0) is 49.9 Å². The first kappa shape index (κ1) is 22.3. The number of amides is 2. The standard InChI is InChI=1S/C25H30N4O2/c1-5-13-26-24(30)19(4)27-25(31)22-16-29(15-20-9-7-6-8-10-20)28-23(22)21-12-11-17(2)18(3)14-21/h6-12,14,16,19H,5,13,15H2,1-4H3,(H,26,30)(H,27,31)/t19-/m0/s1. The predicted molar refractivity (Wildman–Crippen MR) is 123 cm³/mol. The van der Waals surface area contributed by atoms with Crippen molar-refractivity contribution in [1.82, 2.24) is 20.4 Å². The van der Waals surface area contributed by atoms with Crippen molar-refractivity contribution >= 4 is 11.8 Å². The lowest BCUT2D eigenvalue weighted by atomic mass is 10.0. The van der Waals surface area contributed by atoms with E-state index >= 15 is 0 Å². The van der Waals surface area contributed by atoms with Gasteiger partial charge >= 0.3 is 0 Å². The van der Waals surface area contributed by atoms with E-state index in [9.17, 15) is 9.59 Å². The van der Waals surface area contributed by atoms with Gasteiger partial charge in [-0.1, -0.05) is 49.4 Å². The van der Waals surface area contributed by atoms with Gasteiger partial charge < -0.3 is 10.6 Å². The van der Waals surface area contributed by atoms with Crippen molar-refractivity contribution in [3.63, 3.8) is 0 Å². The number of hydrogen-bond donors (Lipinski definition) is 2. The van der Waals surface area contributed by atoms with E-state index in [2.05, 4.69) is 17.6 Å². The minimum atomic E-state index is -0.635. The Morgan fingerprint density at radius 3 is 2.48 bits per heavy atom. The molecule has 6 heteroatoms. The first-order valence-corrected chi connectivity index (χ1v) is 10.7. The molecule has 0 fully saturated rings. The summed E-state index contributed by atoms with van der Waals surface area (Å²) < 4.78 is 1.77. The molecule has 31 heavy (non-hydrogen) atoms. The Morgan fingerprint density at radius 1 is 1.06 bits per heavy atom. The highest BCUT2D eigenvalue weighted by Gasteiger charge is 2.22. The highest BCUT2D eigenvalue weighted by atomic mass is 16.2. The van der Waals surface area contributed by atoms with E-state index in [-0.39, 0.29) is 11.8 Å². The Kier molecular flexibility index (Phi) is 7.23. The molecule has 1 aromatic heterocycles. The lowest BCUT2D eigenvalue weighted by Gasteiger charge is -2.14. The maximum absolute atomic E-state index is 13.1. The van der Waals surface area contributed by atoms with Gasteiger partial charge in [0.25, 0.3) is 5.91 Å². The Hall–Kier alpha value is -3.41. The number of carbonyl (C=O) groups excluding carboxylic acids is 2. The minimum absolute atomic E-state index is 0.195. The molecule has 0 saturated carbocycles. The van der Waals surface area contributed by atoms with Crippen molar-refractivity contribution in [3.05, 3.63) is 77.0 Å². The number of benzene rings is 2. The molecule has 2 N–H and O–H groups in total. The van der Waals surface area contributed by atoms with Crippen molar-refractivity contribution in [2.24, 2.45) is 0 Å².